The number of rotatable bonds is 5. The summed E-state index contributed by atoms with van der Waals surface area (Å²) < 4.78 is 1.75. The lowest BCUT2D eigenvalue weighted by Crippen LogP contribution is -2.07. The third-order valence-electron chi connectivity index (χ3n) is 2.83. The highest BCUT2D eigenvalue weighted by Crippen LogP contribution is 2.38. The topological polar surface area (TPSA) is 125 Å². The molecule has 1 aliphatic carbocycles. The molecule has 0 radical (unpaired) electrons. The number of hydrogen-bond acceptors (Lipinski definition) is 8. The van der Waals surface area contributed by atoms with E-state index in [2.05, 4.69) is 21.0 Å². The highest BCUT2D eigenvalue weighted by molar-refractivity contribution is 7.99. The number of nitrogens with two attached hydrogens (primary N) is 1. The zero-order chi connectivity index (χ0) is 14.1. The molecule has 0 saturated heterocycles. The van der Waals surface area contributed by atoms with Crippen molar-refractivity contribution in [2.75, 3.05) is 5.43 Å². The number of nitrogens with zero attached hydrogens (tertiary/aromatic N) is 5. The van der Waals surface area contributed by atoms with E-state index in [0.29, 0.717) is 21.8 Å². The fraction of sp³-hybridized carbons (Fsp3) is 0.300. The van der Waals surface area contributed by atoms with E-state index in [1.54, 1.807) is 10.7 Å². The number of non-ortho nitro benzene ring substituents is 1. The second kappa shape index (κ2) is 5.06. The van der Waals surface area contributed by atoms with Crippen molar-refractivity contribution in [3.63, 3.8) is 0 Å². The monoisotopic (exact) mass is 293 g/mol. The summed E-state index contributed by atoms with van der Waals surface area (Å²) in [6.45, 7) is 0. The first kappa shape index (κ1) is 12.8. The largest absolute Gasteiger partial charge is 0.324 e. The molecule has 1 aromatic heterocycles. The van der Waals surface area contributed by atoms with Crippen LogP contribution in [0.15, 0.2) is 28.3 Å². The van der Waals surface area contributed by atoms with Gasteiger partial charge in [-0.2, -0.15) is 0 Å². The summed E-state index contributed by atoms with van der Waals surface area (Å²) in [6.07, 6.45) is 2.12. The van der Waals surface area contributed by atoms with E-state index in [1.165, 1.54) is 23.9 Å². The Morgan fingerprint density at radius 1 is 1.45 bits per heavy atom. The van der Waals surface area contributed by atoms with Gasteiger partial charge in [0.05, 0.1) is 16.7 Å². The van der Waals surface area contributed by atoms with Gasteiger partial charge < -0.3 is 5.43 Å². The van der Waals surface area contributed by atoms with Crippen LogP contribution in [-0.2, 0) is 0 Å². The molecule has 2 aromatic rings. The lowest BCUT2D eigenvalue weighted by molar-refractivity contribution is -0.385. The van der Waals surface area contributed by atoms with Crippen molar-refractivity contribution in [3.8, 4) is 0 Å². The third-order valence-corrected chi connectivity index (χ3v) is 3.76. The van der Waals surface area contributed by atoms with Crippen molar-refractivity contribution in [1.82, 2.24) is 20.2 Å². The molecule has 1 heterocycles. The number of aromatic nitrogens is 4. The van der Waals surface area contributed by atoms with Crippen LogP contribution in [0, 0.1) is 10.1 Å². The molecule has 1 fully saturated rings. The number of tetrazole rings is 1. The Bertz CT molecular complexity index is 655. The Hall–Kier alpha value is -2.20. The molecule has 3 N–H and O–H groups in total. The number of nitrogen functional groups attached to an aromatic ring is 1. The standard InChI is InChI=1S/C10H11N7O2S/c11-12-6-3-8(17(18)19)5-9(4-6)20-10-13-14-15-16(10)7-1-2-7/h3-5,7,12H,1-2,11H2. The van der Waals surface area contributed by atoms with Gasteiger partial charge in [-0.3, -0.25) is 16.0 Å². The molecule has 0 amide bonds. The van der Waals surface area contributed by atoms with E-state index in [9.17, 15) is 10.1 Å². The van der Waals surface area contributed by atoms with E-state index < -0.39 is 4.92 Å². The maximum atomic E-state index is 10.9. The van der Waals surface area contributed by atoms with Gasteiger partial charge in [0.2, 0.25) is 5.16 Å². The molecule has 0 aliphatic heterocycles. The van der Waals surface area contributed by atoms with Gasteiger partial charge in [0.15, 0.2) is 0 Å². The predicted molar refractivity (Wildman–Crippen MR) is 71.1 cm³/mol. The quantitative estimate of drug-likeness (QED) is 0.481. The molecule has 0 bridgehead atoms. The first-order valence-electron chi connectivity index (χ1n) is 5.89. The zero-order valence-corrected chi connectivity index (χ0v) is 11.1. The van der Waals surface area contributed by atoms with Crippen molar-refractivity contribution in [1.29, 1.82) is 0 Å². The Morgan fingerprint density at radius 2 is 2.25 bits per heavy atom. The van der Waals surface area contributed by atoms with Crippen LogP contribution in [0.4, 0.5) is 11.4 Å². The maximum absolute atomic E-state index is 10.9. The summed E-state index contributed by atoms with van der Waals surface area (Å²) >= 11 is 1.28. The van der Waals surface area contributed by atoms with E-state index in [4.69, 9.17) is 5.84 Å². The summed E-state index contributed by atoms with van der Waals surface area (Å²) in [5.74, 6) is 5.32. The van der Waals surface area contributed by atoms with Crippen molar-refractivity contribution in [3.05, 3.63) is 28.3 Å². The lowest BCUT2D eigenvalue weighted by atomic mass is 10.3. The minimum atomic E-state index is -0.464. The lowest BCUT2D eigenvalue weighted by Gasteiger charge is -2.05. The average Bonchev–Trinajstić information content (AvgIpc) is 3.19. The van der Waals surface area contributed by atoms with Gasteiger partial charge in [0, 0.05) is 17.0 Å². The Balaban J connectivity index is 1.91. The Labute approximate surface area is 117 Å². The Kier molecular flexibility index (Phi) is 3.24. The molecule has 104 valence electrons. The van der Waals surface area contributed by atoms with Crippen LogP contribution < -0.4 is 11.3 Å². The van der Waals surface area contributed by atoms with Gasteiger partial charge in [0.1, 0.15) is 0 Å². The van der Waals surface area contributed by atoms with Gasteiger partial charge in [-0.1, -0.05) is 0 Å². The summed E-state index contributed by atoms with van der Waals surface area (Å²) in [5, 5.41) is 23.0. The maximum Gasteiger partial charge on any atom is 0.272 e. The van der Waals surface area contributed by atoms with E-state index >= 15 is 0 Å². The van der Waals surface area contributed by atoms with Crippen molar-refractivity contribution in [2.24, 2.45) is 5.84 Å². The second-order valence-corrected chi connectivity index (χ2v) is 5.40. The summed E-state index contributed by atoms with van der Waals surface area (Å²) in [5.41, 5.74) is 2.85. The van der Waals surface area contributed by atoms with Crippen LogP contribution in [0.3, 0.4) is 0 Å². The highest BCUT2D eigenvalue weighted by Gasteiger charge is 2.28. The molecule has 1 aliphatic rings. The van der Waals surface area contributed by atoms with Crippen LogP contribution in [0.1, 0.15) is 18.9 Å². The normalized spacial score (nSPS) is 14.2. The molecule has 3 rings (SSSR count). The number of nitro benzene ring substituents is 1. The molecule has 0 spiro atoms. The number of hydrogen-bond donors (Lipinski definition) is 2. The molecular formula is C10H11N7O2S. The molecule has 10 heteroatoms. The van der Waals surface area contributed by atoms with Gasteiger partial charge in [-0.15, -0.1) is 5.10 Å². The average molecular weight is 293 g/mol. The minimum absolute atomic E-state index is 0.0339. The van der Waals surface area contributed by atoms with Crippen molar-refractivity contribution < 1.29 is 4.92 Å². The van der Waals surface area contributed by atoms with Crippen LogP contribution >= 0.6 is 11.8 Å². The van der Waals surface area contributed by atoms with Crippen LogP contribution in [-0.4, -0.2) is 25.1 Å². The van der Waals surface area contributed by atoms with Gasteiger partial charge in [-0.25, -0.2) is 4.68 Å². The predicted octanol–water partition coefficient (Wildman–Crippen LogP) is 1.35. The number of nitrogens with one attached hydrogen (secondary N) is 1. The van der Waals surface area contributed by atoms with Crippen LogP contribution in [0.5, 0.6) is 0 Å². The van der Waals surface area contributed by atoms with Crippen LogP contribution in [0.25, 0.3) is 0 Å². The molecule has 1 saturated carbocycles. The second-order valence-electron chi connectivity index (χ2n) is 4.36. The SMILES string of the molecule is NNc1cc(Sc2nnnn2C2CC2)cc([N+](=O)[O-])c1. The molecule has 20 heavy (non-hydrogen) atoms. The molecule has 0 unspecified atom stereocenters. The van der Waals surface area contributed by atoms with Crippen molar-refractivity contribution >= 4 is 23.1 Å². The van der Waals surface area contributed by atoms with E-state index in [0.717, 1.165) is 12.8 Å². The van der Waals surface area contributed by atoms with Gasteiger partial charge >= 0.3 is 0 Å². The van der Waals surface area contributed by atoms with Gasteiger partial charge in [0.25, 0.3) is 5.69 Å². The third kappa shape index (κ3) is 2.56. The first-order valence-corrected chi connectivity index (χ1v) is 6.71. The fourth-order valence-corrected chi connectivity index (χ4v) is 2.67. The smallest absolute Gasteiger partial charge is 0.272 e. The minimum Gasteiger partial charge on any atom is -0.324 e. The number of anilines is 1. The Morgan fingerprint density at radius 3 is 2.90 bits per heavy atom. The molecular weight excluding hydrogens is 282 g/mol. The van der Waals surface area contributed by atoms with E-state index in [-0.39, 0.29) is 5.69 Å². The van der Waals surface area contributed by atoms with E-state index in [1.807, 2.05) is 0 Å². The summed E-state index contributed by atoms with van der Waals surface area (Å²) in [6, 6.07) is 4.90. The zero-order valence-electron chi connectivity index (χ0n) is 10.3. The number of hydrazine groups is 1. The van der Waals surface area contributed by atoms with Crippen LogP contribution in [0.2, 0.25) is 0 Å². The number of benzene rings is 1. The van der Waals surface area contributed by atoms with Gasteiger partial charge in [-0.05, 0) is 41.1 Å². The summed E-state index contributed by atoms with van der Waals surface area (Å²) in [4.78, 5) is 11.1. The number of nitro groups is 1. The molecule has 0 atom stereocenters. The summed E-state index contributed by atoms with van der Waals surface area (Å²) in [7, 11) is 0. The highest BCUT2D eigenvalue weighted by atomic mass is 32.2. The molecule has 9 nitrogen and oxygen atoms in total. The first-order chi connectivity index (χ1) is 9.67. The molecule has 1 aromatic carbocycles. The van der Waals surface area contributed by atoms with Crippen molar-refractivity contribution in [2.45, 2.75) is 28.9 Å². The fourth-order valence-electron chi connectivity index (χ4n) is 1.74.